The maximum atomic E-state index is 12.8. The normalized spacial score (nSPS) is 11.4. The molecule has 1 aromatic heterocycles. The lowest BCUT2D eigenvalue weighted by atomic mass is 10.1. The molecule has 0 saturated heterocycles. The Kier molecular flexibility index (Phi) is 4.01. The van der Waals surface area contributed by atoms with E-state index in [0.717, 1.165) is 39.6 Å². The Hall–Kier alpha value is -1.38. The summed E-state index contributed by atoms with van der Waals surface area (Å²) in [6, 6.07) is 9.99. The average molecular weight is 317 g/mol. The van der Waals surface area contributed by atoms with Crippen LogP contribution in [-0.4, -0.2) is 0 Å². The number of benzene rings is 2. The average Bonchev–Trinajstić information content (AvgIpc) is 2.47. The van der Waals surface area contributed by atoms with Crippen LogP contribution in [0.3, 0.4) is 0 Å². The van der Waals surface area contributed by atoms with Gasteiger partial charge in [-0.3, -0.25) is 4.79 Å². The van der Waals surface area contributed by atoms with Gasteiger partial charge in [-0.25, -0.2) is 0 Å². The molecule has 1 heterocycles. The molecule has 0 amide bonds. The second-order valence-electron chi connectivity index (χ2n) is 5.44. The molecule has 3 aromatic rings. The largest absolute Gasteiger partial charge is 0.288 e. The van der Waals surface area contributed by atoms with Gasteiger partial charge in [0.25, 0.3) is 0 Å². The van der Waals surface area contributed by atoms with Crippen molar-refractivity contribution in [2.75, 3.05) is 0 Å². The van der Waals surface area contributed by atoms with Gasteiger partial charge in [0.2, 0.25) is 0 Å². The van der Waals surface area contributed by atoms with Crippen molar-refractivity contribution < 1.29 is 0 Å². The smallest absolute Gasteiger partial charge is 0.197 e. The van der Waals surface area contributed by atoms with E-state index in [2.05, 4.69) is 19.1 Å². The van der Waals surface area contributed by atoms with Gasteiger partial charge in [0, 0.05) is 14.8 Å². The minimum absolute atomic E-state index is 0.0609. The van der Waals surface area contributed by atoms with Crippen LogP contribution >= 0.6 is 22.9 Å². The van der Waals surface area contributed by atoms with Crippen LogP contribution in [0.1, 0.15) is 30.9 Å². The third-order valence-electron chi connectivity index (χ3n) is 3.81. The minimum Gasteiger partial charge on any atom is -0.288 e. The second-order valence-corrected chi connectivity index (χ2v) is 6.90. The van der Waals surface area contributed by atoms with Gasteiger partial charge in [-0.15, -0.1) is 11.3 Å². The summed E-state index contributed by atoms with van der Waals surface area (Å²) in [5.41, 5.74) is 2.40. The van der Waals surface area contributed by atoms with Crippen molar-refractivity contribution in [3.8, 4) is 0 Å². The maximum absolute atomic E-state index is 12.8. The van der Waals surface area contributed by atoms with E-state index in [0.29, 0.717) is 10.4 Å². The Balaban J connectivity index is 2.40. The topological polar surface area (TPSA) is 17.1 Å². The molecule has 0 bridgehead atoms. The summed E-state index contributed by atoms with van der Waals surface area (Å²) in [4.78, 5) is 12.8. The Bertz CT molecular complexity index is 880. The molecular formula is C18H17ClOS. The molecule has 3 heteroatoms. The summed E-state index contributed by atoms with van der Waals surface area (Å²) in [5.74, 6) is 0. The first-order valence-corrected chi connectivity index (χ1v) is 8.46. The van der Waals surface area contributed by atoms with Crippen molar-refractivity contribution in [1.29, 1.82) is 0 Å². The Morgan fingerprint density at radius 1 is 1.19 bits per heavy atom. The highest BCUT2D eigenvalue weighted by molar-refractivity contribution is 7.24. The van der Waals surface area contributed by atoms with Crippen LogP contribution in [0.25, 0.3) is 20.2 Å². The van der Waals surface area contributed by atoms with Crippen LogP contribution in [0.5, 0.6) is 0 Å². The molecule has 3 rings (SSSR count). The van der Waals surface area contributed by atoms with E-state index in [1.54, 1.807) is 11.3 Å². The zero-order chi connectivity index (χ0) is 15.0. The molecule has 0 aliphatic heterocycles. The molecule has 0 aliphatic carbocycles. The molecule has 0 radical (unpaired) electrons. The molecule has 1 nitrogen and oxygen atoms in total. The molecule has 0 unspecified atom stereocenters. The van der Waals surface area contributed by atoms with E-state index in [4.69, 9.17) is 11.6 Å². The van der Waals surface area contributed by atoms with Crippen molar-refractivity contribution in [2.45, 2.75) is 33.1 Å². The molecule has 2 aromatic carbocycles. The van der Waals surface area contributed by atoms with Crippen LogP contribution in [0, 0.1) is 6.92 Å². The molecule has 0 aliphatic rings. The van der Waals surface area contributed by atoms with Gasteiger partial charge in [-0.05, 0) is 43.5 Å². The van der Waals surface area contributed by atoms with Gasteiger partial charge in [-0.1, -0.05) is 42.6 Å². The minimum atomic E-state index is 0.0609. The first-order chi connectivity index (χ1) is 10.1. The summed E-state index contributed by atoms with van der Waals surface area (Å²) in [5, 5.41) is 2.03. The van der Waals surface area contributed by atoms with E-state index in [1.165, 1.54) is 5.56 Å². The predicted molar refractivity (Wildman–Crippen MR) is 94.0 cm³/mol. The summed E-state index contributed by atoms with van der Waals surface area (Å²) in [7, 11) is 0. The van der Waals surface area contributed by atoms with Gasteiger partial charge in [0.15, 0.2) is 5.43 Å². The highest BCUT2D eigenvalue weighted by Crippen LogP contribution is 2.32. The van der Waals surface area contributed by atoms with Crippen LogP contribution in [0.15, 0.2) is 35.1 Å². The molecule has 0 saturated carbocycles. The molecule has 0 spiro atoms. The van der Waals surface area contributed by atoms with E-state index in [1.807, 2.05) is 25.1 Å². The van der Waals surface area contributed by atoms with E-state index >= 15 is 0 Å². The van der Waals surface area contributed by atoms with E-state index in [-0.39, 0.29) is 5.43 Å². The number of hydrogen-bond donors (Lipinski definition) is 0. The third-order valence-corrected chi connectivity index (χ3v) is 5.37. The van der Waals surface area contributed by atoms with Crippen LogP contribution in [0.4, 0.5) is 0 Å². The lowest BCUT2D eigenvalue weighted by molar-refractivity contribution is 0.799. The van der Waals surface area contributed by atoms with E-state index < -0.39 is 0 Å². The Morgan fingerprint density at radius 2 is 2.00 bits per heavy atom. The number of fused-ring (bicyclic) bond motifs is 2. The number of hydrogen-bond acceptors (Lipinski definition) is 2. The molecule has 108 valence electrons. The predicted octanol–water partition coefficient (Wildman–Crippen LogP) is 5.72. The van der Waals surface area contributed by atoms with Crippen LogP contribution < -0.4 is 5.43 Å². The van der Waals surface area contributed by atoms with Crippen LogP contribution in [-0.2, 0) is 6.42 Å². The lowest BCUT2D eigenvalue weighted by Gasteiger charge is -2.08. The quantitative estimate of drug-likeness (QED) is 0.565. The van der Waals surface area contributed by atoms with Gasteiger partial charge in [-0.2, -0.15) is 0 Å². The molecular weight excluding hydrogens is 300 g/mol. The van der Waals surface area contributed by atoms with Crippen molar-refractivity contribution in [1.82, 2.24) is 0 Å². The standard InChI is InChI=1S/C18H17ClOS/c1-3-4-5-12-7-8-14(19)16-17(20)13-10-11(2)6-9-15(13)21-18(12)16/h6-10H,3-5H2,1-2H3. The summed E-state index contributed by atoms with van der Waals surface area (Å²) < 4.78 is 2.09. The van der Waals surface area contributed by atoms with Crippen molar-refractivity contribution >= 4 is 43.1 Å². The van der Waals surface area contributed by atoms with Gasteiger partial charge in [0.05, 0.1) is 10.4 Å². The molecule has 0 N–H and O–H groups in total. The fraction of sp³-hybridized carbons (Fsp3) is 0.278. The maximum Gasteiger partial charge on any atom is 0.197 e. The van der Waals surface area contributed by atoms with Crippen molar-refractivity contribution in [3.05, 3.63) is 56.7 Å². The first kappa shape index (κ1) is 14.6. The van der Waals surface area contributed by atoms with Gasteiger partial charge >= 0.3 is 0 Å². The lowest BCUT2D eigenvalue weighted by Crippen LogP contribution is -2.03. The molecule has 21 heavy (non-hydrogen) atoms. The monoisotopic (exact) mass is 316 g/mol. The van der Waals surface area contributed by atoms with Gasteiger partial charge < -0.3 is 0 Å². The van der Waals surface area contributed by atoms with Gasteiger partial charge in [0.1, 0.15) is 0 Å². The number of rotatable bonds is 3. The number of halogens is 1. The Labute approximate surface area is 133 Å². The fourth-order valence-corrected chi connectivity index (χ4v) is 4.17. The summed E-state index contributed by atoms with van der Waals surface area (Å²) in [6.07, 6.45) is 3.27. The second kappa shape index (κ2) is 5.78. The van der Waals surface area contributed by atoms with Crippen molar-refractivity contribution in [2.24, 2.45) is 0 Å². The molecule has 0 fully saturated rings. The zero-order valence-electron chi connectivity index (χ0n) is 12.2. The fourth-order valence-electron chi connectivity index (χ4n) is 2.65. The van der Waals surface area contributed by atoms with Crippen LogP contribution in [0.2, 0.25) is 5.02 Å². The zero-order valence-corrected chi connectivity index (χ0v) is 13.8. The van der Waals surface area contributed by atoms with Crippen molar-refractivity contribution in [3.63, 3.8) is 0 Å². The first-order valence-electron chi connectivity index (χ1n) is 7.26. The number of aryl methyl sites for hydroxylation is 2. The van der Waals surface area contributed by atoms with E-state index in [9.17, 15) is 4.79 Å². The number of unbranched alkanes of at least 4 members (excludes halogenated alkanes) is 1. The SMILES string of the molecule is CCCCc1ccc(Cl)c2c(=O)c3cc(C)ccc3sc12. The highest BCUT2D eigenvalue weighted by atomic mass is 35.5. The highest BCUT2D eigenvalue weighted by Gasteiger charge is 2.12. The third kappa shape index (κ3) is 2.58. The summed E-state index contributed by atoms with van der Waals surface area (Å²) >= 11 is 8.00. The Morgan fingerprint density at radius 3 is 2.76 bits per heavy atom. The summed E-state index contributed by atoms with van der Waals surface area (Å²) in [6.45, 7) is 4.19. The molecule has 0 atom stereocenters.